The topological polar surface area (TPSA) is 50.8 Å². The Morgan fingerprint density at radius 3 is 2.26 bits per heavy atom. The van der Waals surface area contributed by atoms with Crippen molar-refractivity contribution < 1.29 is 4.74 Å². The van der Waals surface area contributed by atoms with Crippen LogP contribution in [0.1, 0.15) is 26.3 Å². The SMILES string of the molecule is COc1ccc(-c2nc3c(c(C#N)cn3C(C)(C)C)c3ccccc23)cc1. The smallest absolute Gasteiger partial charge is 0.143 e. The molecule has 0 unspecified atom stereocenters. The van der Waals surface area contributed by atoms with Crippen molar-refractivity contribution in [3.63, 3.8) is 0 Å². The highest BCUT2D eigenvalue weighted by atomic mass is 16.5. The molecule has 0 saturated heterocycles. The number of pyridine rings is 1. The Labute approximate surface area is 158 Å². The third-order valence-corrected chi connectivity index (χ3v) is 4.86. The Kier molecular flexibility index (Phi) is 3.89. The van der Waals surface area contributed by atoms with Gasteiger partial charge in [0, 0.05) is 28.1 Å². The molecule has 4 aromatic rings. The second-order valence-corrected chi connectivity index (χ2v) is 7.63. The molecular formula is C23H21N3O. The Balaban J connectivity index is 2.14. The van der Waals surface area contributed by atoms with E-state index in [1.54, 1.807) is 7.11 Å². The summed E-state index contributed by atoms with van der Waals surface area (Å²) in [4.78, 5) is 5.04. The van der Waals surface area contributed by atoms with Crippen LogP contribution < -0.4 is 4.74 Å². The molecule has 2 aromatic heterocycles. The molecule has 4 heteroatoms. The van der Waals surface area contributed by atoms with E-state index in [4.69, 9.17) is 9.72 Å². The summed E-state index contributed by atoms with van der Waals surface area (Å²) in [6, 6.07) is 18.4. The summed E-state index contributed by atoms with van der Waals surface area (Å²) in [6.07, 6.45) is 1.92. The van der Waals surface area contributed by atoms with Crippen LogP contribution in [0, 0.1) is 11.3 Å². The highest BCUT2D eigenvalue weighted by molar-refractivity contribution is 6.12. The first-order valence-electron chi connectivity index (χ1n) is 8.93. The highest BCUT2D eigenvalue weighted by Gasteiger charge is 2.22. The van der Waals surface area contributed by atoms with Crippen LogP contribution in [0.5, 0.6) is 5.75 Å². The third kappa shape index (κ3) is 2.72. The quantitative estimate of drug-likeness (QED) is 0.477. The van der Waals surface area contributed by atoms with Gasteiger partial charge in [0.2, 0.25) is 0 Å². The number of hydrogen-bond donors (Lipinski definition) is 0. The van der Waals surface area contributed by atoms with E-state index >= 15 is 0 Å². The molecule has 0 aliphatic rings. The first-order chi connectivity index (χ1) is 12.9. The van der Waals surface area contributed by atoms with Crippen LogP contribution in [0.3, 0.4) is 0 Å². The number of benzene rings is 2. The molecule has 2 aromatic carbocycles. The van der Waals surface area contributed by atoms with E-state index in [1.807, 2.05) is 42.6 Å². The van der Waals surface area contributed by atoms with Gasteiger partial charge in [-0.15, -0.1) is 0 Å². The summed E-state index contributed by atoms with van der Waals surface area (Å²) in [5.74, 6) is 0.814. The van der Waals surface area contributed by atoms with Crippen molar-refractivity contribution in [3.8, 4) is 23.1 Å². The molecule has 0 aliphatic heterocycles. The van der Waals surface area contributed by atoms with E-state index in [2.05, 4.69) is 43.5 Å². The largest absolute Gasteiger partial charge is 0.497 e. The van der Waals surface area contributed by atoms with Crippen molar-refractivity contribution in [3.05, 3.63) is 60.3 Å². The third-order valence-electron chi connectivity index (χ3n) is 4.86. The summed E-state index contributed by atoms with van der Waals surface area (Å²) in [7, 11) is 1.66. The van der Waals surface area contributed by atoms with Gasteiger partial charge in [0.15, 0.2) is 0 Å². The molecule has 0 spiro atoms. The summed E-state index contributed by atoms with van der Waals surface area (Å²) >= 11 is 0. The second-order valence-electron chi connectivity index (χ2n) is 7.63. The van der Waals surface area contributed by atoms with Gasteiger partial charge in [0.25, 0.3) is 0 Å². The van der Waals surface area contributed by atoms with Crippen molar-refractivity contribution in [2.24, 2.45) is 0 Å². The number of nitriles is 1. The Morgan fingerprint density at radius 1 is 1.00 bits per heavy atom. The van der Waals surface area contributed by atoms with Crippen molar-refractivity contribution in [1.82, 2.24) is 9.55 Å². The molecule has 4 rings (SSSR count). The fourth-order valence-electron chi connectivity index (χ4n) is 3.51. The molecule has 2 heterocycles. The number of aromatic nitrogens is 2. The van der Waals surface area contributed by atoms with Crippen LogP contribution in [-0.4, -0.2) is 16.7 Å². The molecule has 0 saturated carbocycles. The van der Waals surface area contributed by atoms with Gasteiger partial charge in [-0.25, -0.2) is 4.98 Å². The van der Waals surface area contributed by atoms with Crippen LogP contribution in [0.15, 0.2) is 54.7 Å². The van der Waals surface area contributed by atoms with Crippen molar-refractivity contribution in [1.29, 1.82) is 5.26 Å². The number of ether oxygens (including phenoxy) is 1. The summed E-state index contributed by atoms with van der Waals surface area (Å²) in [5.41, 5.74) is 3.25. The number of methoxy groups -OCH3 is 1. The number of hydrogen-bond acceptors (Lipinski definition) is 3. The monoisotopic (exact) mass is 355 g/mol. The fraction of sp³-hybridized carbons (Fsp3) is 0.217. The average Bonchev–Trinajstić information content (AvgIpc) is 3.07. The minimum atomic E-state index is -0.181. The predicted octanol–water partition coefficient (Wildman–Crippen LogP) is 5.49. The molecule has 0 radical (unpaired) electrons. The van der Waals surface area contributed by atoms with Crippen LogP contribution >= 0.6 is 0 Å². The lowest BCUT2D eigenvalue weighted by molar-refractivity contribution is 0.408. The molecule has 0 atom stereocenters. The van der Waals surface area contributed by atoms with Crippen molar-refractivity contribution in [2.45, 2.75) is 26.3 Å². The van der Waals surface area contributed by atoms with Gasteiger partial charge < -0.3 is 9.30 Å². The summed E-state index contributed by atoms with van der Waals surface area (Å²) < 4.78 is 7.38. The second kappa shape index (κ2) is 6.14. The van der Waals surface area contributed by atoms with Gasteiger partial charge >= 0.3 is 0 Å². The maximum Gasteiger partial charge on any atom is 0.143 e. The lowest BCUT2D eigenvalue weighted by Gasteiger charge is -2.22. The minimum absolute atomic E-state index is 0.181. The normalized spacial score (nSPS) is 11.7. The summed E-state index contributed by atoms with van der Waals surface area (Å²) in [5, 5.41) is 12.7. The first-order valence-corrected chi connectivity index (χ1v) is 8.93. The molecule has 0 bridgehead atoms. The maximum absolute atomic E-state index is 9.71. The molecule has 0 fully saturated rings. The molecular weight excluding hydrogens is 334 g/mol. The first kappa shape index (κ1) is 17.1. The average molecular weight is 355 g/mol. The van der Waals surface area contributed by atoms with Gasteiger partial charge in [-0.1, -0.05) is 24.3 Å². The number of rotatable bonds is 2. The Hall–Kier alpha value is -3.32. The Morgan fingerprint density at radius 2 is 1.67 bits per heavy atom. The Bertz CT molecular complexity index is 1190. The number of nitrogens with zero attached hydrogens (tertiary/aromatic N) is 3. The summed E-state index contributed by atoms with van der Waals surface area (Å²) in [6.45, 7) is 6.37. The molecule has 134 valence electrons. The zero-order valence-corrected chi connectivity index (χ0v) is 15.9. The van der Waals surface area contributed by atoms with Crippen LogP contribution in [0.25, 0.3) is 33.1 Å². The maximum atomic E-state index is 9.71. The van der Waals surface area contributed by atoms with E-state index in [0.717, 1.165) is 38.8 Å². The minimum Gasteiger partial charge on any atom is -0.497 e. The predicted molar refractivity (Wildman–Crippen MR) is 109 cm³/mol. The van der Waals surface area contributed by atoms with E-state index < -0.39 is 0 Å². The van der Waals surface area contributed by atoms with E-state index in [-0.39, 0.29) is 5.54 Å². The zero-order valence-electron chi connectivity index (χ0n) is 15.9. The van der Waals surface area contributed by atoms with Crippen molar-refractivity contribution in [2.75, 3.05) is 7.11 Å². The van der Waals surface area contributed by atoms with E-state index in [9.17, 15) is 5.26 Å². The van der Waals surface area contributed by atoms with Crippen LogP contribution in [-0.2, 0) is 5.54 Å². The lowest BCUT2D eigenvalue weighted by atomic mass is 10.0. The fourth-order valence-corrected chi connectivity index (χ4v) is 3.51. The van der Waals surface area contributed by atoms with Gasteiger partial charge in [-0.2, -0.15) is 5.26 Å². The molecule has 0 aliphatic carbocycles. The van der Waals surface area contributed by atoms with Gasteiger partial charge in [0.05, 0.1) is 18.4 Å². The van der Waals surface area contributed by atoms with Crippen LogP contribution in [0.2, 0.25) is 0 Å². The highest BCUT2D eigenvalue weighted by Crippen LogP contribution is 2.36. The van der Waals surface area contributed by atoms with Gasteiger partial charge in [0.1, 0.15) is 17.5 Å². The standard InChI is InChI=1S/C23H21N3O/c1-23(2,3)26-14-16(13-24)20-18-7-5-6-8-19(18)21(25-22(20)26)15-9-11-17(27-4)12-10-15/h5-12,14H,1-4H3. The number of fused-ring (bicyclic) bond motifs is 3. The molecule has 0 N–H and O–H groups in total. The van der Waals surface area contributed by atoms with Gasteiger partial charge in [-0.3, -0.25) is 0 Å². The van der Waals surface area contributed by atoms with E-state index in [1.165, 1.54) is 0 Å². The molecule has 4 nitrogen and oxygen atoms in total. The zero-order chi connectivity index (χ0) is 19.2. The van der Waals surface area contributed by atoms with Crippen LogP contribution in [0.4, 0.5) is 0 Å². The molecule has 27 heavy (non-hydrogen) atoms. The van der Waals surface area contributed by atoms with Crippen molar-refractivity contribution >= 4 is 21.8 Å². The lowest BCUT2D eigenvalue weighted by Crippen LogP contribution is -2.21. The van der Waals surface area contributed by atoms with Gasteiger partial charge in [-0.05, 0) is 50.4 Å². The molecule has 0 amide bonds. The van der Waals surface area contributed by atoms with E-state index in [0.29, 0.717) is 5.56 Å².